The lowest BCUT2D eigenvalue weighted by Crippen LogP contribution is -2.25. The summed E-state index contributed by atoms with van der Waals surface area (Å²) in [4.78, 5) is 2.38. The van der Waals surface area contributed by atoms with E-state index >= 15 is 0 Å². The molecule has 0 aliphatic carbocycles. The number of anilines is 1. The fourth-order valence-electron chi connectivity index (χ4n) is 1.66. The molecule has 2 heteroatoms. The van der Waals surface area contributed by atoms with Gasteiger partial charge in [0.05, 0.1) is 8.80 Å². The second-order valence-corrected chi connectivity index (χ2v) is 6.89. The first-order valence-electron chi connectivity index (χ1n) is 5.54. The van der Waals surface area contributed by atoms with Crippen molar-refractivity contribution >= 4 is 19.7 Å². The summed E-state index contributed by atoms with van der Waals surface area (Å²) in [5, 5.41) is 1.56. The number of rotatable bonds is 4. The van der Waals surface area contributed by atoms with Crippen LogP contribution in [0.4, 0.5) is 5.69 Å². The van der Waals surface area contributed by atoms with Crippen molar-refractivity contribution in [2.24, 2.45) is 0 Å². The van der Waals surface area contributed by atoms with Crippen LogP contribution in [0.5, 0.6) is 0 Å². The van der Waals surface area contributed by atoms with Gasteiger partial charge in [-0.2, -0.15) is 0 Å². The van der Waals surface area contributed by atoms with Gasteiger partial charge in [-0.25, -0.2) is 0 Å². The molecule has 0 aliphatic heterocycles. The molecule has 1 rings (SSSR count). The zero-order valence-electron chi connectivity index (χ0n) is 9.75. The van der Waals surface area contributed by atoms with Crippen molar-refractivity contribution in [3.63, 3.8) is 0 Å². The lowest BCUT2D eigenvalue weighted by molar-refractivity contribution is 0.866. The molecule has 0 aromatic heterocycles. The predicted molar refractivity (Wildman–Crippen MR) is 68.5 cm³/mol. The van der Waals surface area contributed by atoms with Crippen LogP contribution in [-0.2, 0) is 0 Å². The molecule has 78 valence electrons. The molecule has 0 bridgehead atoms. The van der Waals surface area contributed by atoms with Gasteiger partial charge in [0.2, 0.25) is 0 Å². The van der Waals surface area contributed by atoms with Crippen molar-refractivity contribution in [1.82, 2.24) is 0 Å². The Bertz CT molecular complexity index is 262. The van der Waals surface area contributed by atoms with E-state index in [0.29, 0.717) is 0 Å². The van der Waals surface area contributed by atoms with Gasteiger partial charge in [0, 0.05) is 18.8 Å². The third-order valence-electron chi connectivity index (χ3n) is 2.69. The normalized spacial score (nSPS) is 10.6. The average Bonchev–Trinajstić information content (AvgIpc) is 2.20. The summed E-state index contributed by atoms with van der Waals surface area (Å²) in [6, 6.07) is 9.11. The fraction of sp³-hybridized carbons (Fsp3) is 0.500. The Balaban J connectivity index is 2.81. The highest BCUT2D eigenvalue weighted by Gasteiger charge is 2.03. The highest BCUT2D eigenvalue weighted by Crippen LogP contribution is 2.11. The van der Waals surface area contributed by atoms with E-state index < -0.39 is 8.80 Å². The van der Waals surface area contributed by atoms with Gasteiger partial charge in [-0.1, -0.05) is 30.4 Å². The van der Waals surface area contributed by atoms with Crippen LogP contribution in [0.1, 0.15) is 13.8 Å². The van der Waals surface area contributed by atoms with Crippen LogP contribution in [0, 0.1) is 0 Å². The molecular formula is C12H21NSi. The van der Waals surface area contributed by atoms with E-state index in [-0.39, 0.29) is 0 Å². The minimum atomic E-state index is -0.617. The molecule has 0 aliphatic rings. The molecule has 0 spiro atoms. The summed E-state index contributed by atoms with van der Waals surface area (Å²) >= 11 is 0. The first kappa shape index (κ1) is 11.3. The molecule has 1 nitrogen and oxygen atoms in total. The van der Waals surface area contributed by atoms with Crippen LogP contribution in [0.25, 0.3) is 0 Å². The summed E-state index contributed by atoms with van der Waals surface area (Å²) in [6.45, 7) is 11.3. The fourth-order valence-corrected chi connectivity index (χ4v) is 2.62. The summed E-state index contributed by atoms with van der Waals surface area (Å²) in [7, 11) is -0.617. The van der Waals surface area contributed by atoms with Crippen LogP contribution in [0.15, 0.2) is 24.3 Å². The first-order valence-corrected chi connectivity index (χ1v) is 8.42. The van der Waals surface area contributed by atoms with Crippen molar-refractivity contribution in [1.29, 1.82) is 0 Å². The lowest BCUT2D eigenvalue weighted by Gasteiger charge is -2.21. The summed E-state index contributed by atoms with van der Waals surface area (Å²) in [5.41, 5.74) is 1.36. The van der Waals surface area contributed by atoms with Crippen molar-refractivity contribution in [3.8, 4) is 0 Å². The average molecular weight is 207 g/mol. The SMILES string of the molecule is CCN(CC)c1ccc([SiH](C)C)cc1. The topological polar surface area (TPSA) is 3.24 Å². The molecule has 0 amide bonds. The Morgan fingerprint density at radius 3 is 1.86 bits per heavy atom. The minimum Gasteiger partial charge on any atom is -0.372 e. The van der Waals surface area contributed by atoms with Gasteiger partial charge in [-0.05, 0) is 26.0 Å². The summed E-state index contributed by atoms with van der Waals surface area (Å²) < 4.78 is 0. The van der Waals surface area contributed by atoms with Crippen molar-refractivity contribution in [2.45, 2.75) is 26.9 Å². The third-order valence-corrected chi connectivity index (χ3v) is 4.41. The van der Waals surface area contributed by atoms with E-state index in [9.17, 15) is 0 Å². The van der Waals surface area contributed by atoms with E-state index in [1.807, 2.05) is 0 Å². The van der Waals surface area contributed by atoms with Gasteiger partial charge in [-0.3, -0.25) is 0 Å². The van der Waals surface area contributed by atoms with Gasteiger partial charge < -0.3 is 4.90 Å². The predicted octanol–water partition coefficient (Wildman–Crippen LogP) is 2.23. The monoisotopic (exact) mass is 207 g/mol. The van der Waals surface area contributed by atoms with E-state index in [1.54, 1.807) is 5.19 Å². The third kappa shape index (κ3) is 2.61. The molecule has 0 radical (unpaired) electrons. The van der Waals surface area contributed by atoms with Gasteiger partial charge >= 0.3 is 0 Å². The maximum atomic E-state index is 2.38. The van der Waals surface area contributed by atoms with E-state index in [0.717, 1.165) is 13.1 Å². The van der Waals surface area contributed by atoms with E-state index in [2.05, 4.69) is 56.1 Å². The standard InChI is InChI=1S/C12H21NSi/c1-5-13(6-2)11-7-9-12(10-8-11)14(3)4/h7-10,14H,5-6H2,1-4H3. The van der Waals surface area contributed by atoms with E-state index in [4.69, 9.17) is 0 Å². The highest BCUT2D eigenvalue weighted by molar-refractivity contribution is 6.70. The van der Waals surface area contributed by atoms with Gasteiger partial charge in [0.1, 0.15) is 0 Å². The molecule has 0 N–H and O–H groups in total. The number of hydrogen-bond donors (Lipinski definition) is 0. The molecule has 14 heavy (non-hydrogen) atoms. The Kier molecular flexibility index (Phi) is 4.20. The van der Waals surface area contributed by atoms with Crippen LogP contribution < -0.4 is 10.1 Å². The van der Waals surface area contributed by atoms with Crippen LogP contribution in [-0.4, -0.2) is 21.9 Å². The number of hydrogen-bond acceptors (Lipinski definition) is 1. The van der Waals surface area contributed by atoms with Crippen LogP contribution >= 0.6 is 0 Å². The minimum absolute atomic E-state index is 0.617. The zero-order valence-corrected chi connectivity index (χ0v) is 10.9. The lowest BCUT2D eigenvalue weighted by atomic mass is 10.3. The Hall–Kier alpha value is -0.763. The van der Waals surface area contributed by atoms with Gasteiger partial charge in [0.25, 0.3) is 0 Å². The number of benzene rings is 1. The molecule has 0 saturated heterocycles. The van der Waals surface area contributed by atoms with Crippen molar-refractivity contribution < 1.29 is 0 Å². The number of nitrogens with zero attached hydrogens (tertiary/aromatic N) is 1. The highest BCUT2D eigenvalue weighted by atomic mass is 28.3. The van der Waals surface area contributed by atoms with Crippen LogP contribution in [0.3, 0.4) is 0 Å². The molecule has 0 heterocycles. The Morgan fingerprint density at radius 2 is 1.50 bits per heavy atom. The summed E-state index contributed by atoms with van der Waals surface area (Å²) in [5.74, 6) is 0. The van der Waals surface area contributed by atoms with Gasteiger partial charge in [-0.15, -0.1) is 0 Å². The molecule has 0 saturated carbocycles. The largest absolute Gasteiger partial charge is 0.372 e. The van der Waals surface area contributed by atoms with Gasteiger partial charge in [0.15, 0.2) is 0 Å². The smallest absolute Gasteiger partial charge is 0.0647 e. The van der Waals surface area contributed by atoms with Crippen molar-refractivity contribution in [3.05, 3.63) is 24.3 Å². The van der Waals surface area contributed by atoms with Crippen LogP contribution in [0.2, 0.25) is 13.1 Å². The first-order chi connectivity index (χ1) is 6.69. The molecule has 0 unspecified atom stereocenters. The molecule has 0 fully saturated rings. The maximum Gasteiger partial charge on any atom is 0.0647 e. The van der Waals surface area contributed by atoms with E-state index in [1.165, 1.54) is 5.69 Å². The molecular weight excluding hydrogens is 186 g/mol. The quantitative estimate of drug-likeness (QED) is 0.684. The molecule has 1 aromatic rings. The second-order valence-electron chi connectivity index (χ2n) is 3.92. The second kappa shape index (κ2) is 5.20. The zero-order chi connectivity index (χ0) is 10.6. The molecule has 1 aromatic carbocycles. The molecule has 0 atom stereocenters. The maximum absolute atomic E-state index is 2.38. The Morgan fingerprint density at radius 1 is 1.00 bits per heavy atom. The summed E-state index contributed by atoms with van der Waals surface area (Å²) in [6.07, 6.45) is 0. The Labute approximate surface area is 89.4 Å². The van der Waals surface area contributed by atoms with Crippen molar-refractivity contribution in [2.75, 3.05) is 18.0 Å².